The largest absolute Gasteiger partial charge is 0.365 e. The molecule has 0 spiro atoms. The molecule has 0 aliphatic rings. The Morgan fingerprint density at radius 1 is 1.12 bits per heavy atom. The molecule has 0 amide bonds. The first kappa shape index (κ1) is 17.2. The average Bonchev–Trinajstić information content (AvgIpc) is 2.54. The molecule has 10 heteroatoms. The molecule has 0 saturated heterocycles. The first-order chi connectivity index (χ1) is 11.4. The lowest BCUT2D eigenvalue weighted by Crippen LogP contribution is -2.02. The molecule has 0 aromatic heterocycles. The zero-order chi connectivity index (χ0) is 17.7. The molecular weight excluding hydrogens is 386 g/mol. The van der Waals surface area contributed by atoms with E-state index in [2.05, 4.69) is 25.9 Å². The van der Waals surface area contributed by atoms with Crippen LogP contribution in [0.2, 0.25) is 0 Å². The van der Waals surface area contributed by atoms with Crippen LogP contribution >= 0.6 is 15.9 Å². The van der Waals surface area contributed by atoms with Gasteiger partial charge in [0.25, 0.3) is 11.4 Å². The Balaban J connectivity index is 2.18. The number of hydrogen-bond acceptors (Lipinski definition) is 7. The fourth-order valence-electron chi connectivity index (χ4n) is 1.71. The highest BCUT2D eigenvalue weighted by molar-refractivity contribution is 9.10. The van der Waals surface area contributed by atoms with Crippen molar-refractivity contribution >= 4 is 39.5 Å². The number of nitro groups is 2. The fourth-order valence-corrected chi connectivity index (χ4v) is 2.11. The van der Waals surface area contributed by atoms with Crippen LogP contribution in [0, 0.1) is 20.2 Å². The number of halogens is 1. The Hall–Kier alpha value is -3.14. The second kappa shape index (κ2) is 7.42. The first-order valence-electron chi connectivity index (χ1n) is 6.31. The maximum Gasteiger partial charge on any atom is 0.365 e. The molecule has 2 aromatic rings. The van der Waals surface area contributed by atoms with Crippen molar-refractivity contribution in [1.82, 2.24) is 0 Å². The van der Waals surface area contributed by atoms with Crippen LogP contribution in [0.25, 0.3) is 0 Å². The van der Waals surface area contributed by atoms with Gasteiger partial charge in [-0.05, 0) is 24.3 Å². The zero-order valence-corrected chi connectivity index (χ0v) is 13.4. The quantitative estimate of drug-likeness (QED) is 0.331. The minimum Gasteiger partial charge on any atom is -0.313 e. The van der Waals surface area contributed by atoms with Crippen LogP contribution in [0.3, 0.4) is 0 Å². The molecule has 122 valence electrons. The van der Waals surface area contributed by atoms with Gasteiger partial charge in [0.1, 0.15) is 0 Å². The zero-order valence-electron chi connectivity index (χ0n) is 11.8. The van der Waals surface area contributed by atoms with E-state index >= 15 is 0 Å². The molecule has 0 saturated carbocycles. The lowest BCUT2D eigenvalue weighted by Gasteiger charge is -1.99. The van der Waals surface area contributed by atoms with E-state index in [1.54, 1.807) is 12.1 Å². The van der Waals surface area contributed by atoms with Crippen molar-refractivity contribution in [2.45, 2.75) is 0 Å². The summed E-state index contributed by atoms with van der Waals surface area (Å²) in [5.41, 5.74) is -0.746. The summed E-state index contributed by atoms with van der Waals surface area (Å²) in [6, 6.07) is 9.42. The third-order valence-electron chi connectivity index (χ3n) is 2.81. The minimum absolute atomic E-state index is 0.0346. The van der Waals surface area contributed by atoms with Gasteiger partial charge < -0.3 is 4.84 Å². The van der Waals surface area contributed by atoms with E-state index in [0.717, 1.165) is 24.4 Å². The molecule has 2 aromatic carbocycles. The Morgan fingerprint density at radius 2 is 1.88 bits per heavy atom. The van der Waals surface area contributed by atoms with Crippen LogP contribution < -0.4 is 0 Å². The Kier molecular flexibility index (Phi) is 5.32. The van der Waals surface area contributed by atoms with Crippen molar-refractivity contribution in [3.63, 3.8) is 0 Å². The number of non-ortho nitro benzene ring substituents is 1. The van der Waals surface area contributed by atoms with Gasteiger partial charge in [-0.3, -0.25) is 20.2 Å². The fraction of sp³-hybridized carbons (Fsp3) is 0. The van der Waals surface area contributed by atoms with Crippen molar-refractivity contribution in [2.75, 3.05) is 0 Å². The number of carbonyl (C=O) groups excluding carboxylic acids is 1. The van der Waals surface area contributed by atoms with E-state index in [0.29, 0.717) is 4.47 Å². The van der Waals surface area contributed by atoms with Gasteiger partial charge in [0.15, 0.2) is 0 Å². The van der Waals surface area contributed by atoms with Crippen LogP contribution in [-0.2, 0) is 4.84 Å². The number of hydrogen-bond donors (Lipinski definition) is 0. The molecule has 24 heavy (non-hydrogen) atoms. The number of carbonyl (C=O) groups is 1. The van der Waals surface area contributed by atoms with Crippen LogP contribution in [0.4, 0.5) is 11.4 Å². The summed E-state index contributed by atoms with van der Waals surface area (Å²) in [4.78, 5) is 36.5. The molecular formula is C14H8BrN3O6. The molecule has 0 heterocycles. The summed E-state index contributed by atoms with van der Waals surface area (Å²) in [5, 5.41) is 25.0. The molecule has 0 N–H and O–H groups in total. The lowest BCUT2D eigenvalue weighted by atomic mass is 10.2. The van der Waals surface area contributed by atoms with Gasteiger partial charge in [-0.1, -0.05) is 27.2 Å². The molecule has 2 rings (SSSR count). The molecule has 0 atom stereocenters. The Morgan fingerprint density at radius 3 is 2.50 bits per heavy atom. The van der Waals surface area contributed by atoms with Gasteiger partial charge in [0.2, 0.25) is 0 Å². The summed E-state index contributed by atoms with van der Waals surface area (Å²) >= 11 is 3.20. The van der Waals surface area contributed by atoms with Crippen molar-refractivity contribution in [2.24, 2.45) is 5.16 Å². The molecule has 0 fully saturated rings. The lowest BCUT2D eigenvalue weighted by molar-refractivity contribution is -0.394. The topological polar surface area (TPSA) is 125 Å². The van der Waals surface area contributed by atoms with Gasteiger partial charge in [-0.2, -0.15) is 0 Å². The van der Waals surface area contributed by atoms with Gasteiger partial charge in [0.05, 0.1) is 33.3 Å². The monoisotopic (exact) mass is 393 g/mol. The standard InChI is InChI=1S/C14H8BrN3O6/c15-11-3-1-2-9(6-11)14(19)24-16-8-10-4-5-12(17(20)21)7-13(10)18(22)23/h1-8H/b16-8+. The molecule has 0 aliphatic heterocycles. The smallest absolute Gasteiger partial charge is 0.313 e. The highest BCUT2D eigenvalue weighted by atomic mass is 79.9. The maximum atomic E-state index is 11.8. The summed E-state index contributed by atoms with van der Waals surface area (Å²) in [5.74, 6) is -0.753. The van der Waals surface area contributed by atoms with Crippen LogP contribution in [0.15, 0.2) is 52.1 Å². The van der Waals surface area contributed by atoms with E-state index in [4.69, 9.17) is 0 Å². The SMILES string of the molecule is O=C(O/N=C/c1ccc([N+](=O)[O-])cc1[N+](=O)[O-])c1cccc(Br)c1. The number of rotatable bonds is 5. The molecule has 0 bridgehead atoms. The van der Waals surface area contributed by atoms with E-state index in [1.807, 2.05) is 0 Å². The first-order valence-corrected chi connectivity index (χ1v) is 7.11. The van der Waals surface area contributed by atoms with Crippen molar-refractivity contribution in [3.05, 3.63) is 78.3 Å². The second-order valence-corrected chi connectivity index (χ2v) is 5.30. The third-order valence-corrected chi connectivity index (χ3v) is 3.30. The second-order valence-electron chi connectivity index (χ2n) is 4.38. The number of nitro benzene ring substituents is 2. The van der Waals surface area contributed by atoms with Gasteiger partial charge >= 0.3 is 5.97 Å². The highest BCUT2D eigenvalue weighted by Gasteiger charge is 2.18. The highest BCUT2D eigenvalue weighted by Crippen LogP contribution is 2.23. The summed E-state index contributed by atoms with van der Waals surface area (Å²) in [7, 11) is 0. The van der Waals surface area contributed by atoms with E-state index < -0.39 is 27.2 Å². The van der Waals surface area contributed by atoms with Crippen molar-refractivity contribution < 1.29 is 19.5 Å². The summed E-state index contributed by atoms with van der Waals surface area (Å²) in [6.07, 6.45) is 0.942. The normalized spacial score (nSPS) is 10.5. The van der Waals surface area contributed by atoms with Crippen molar-refractivity contribution in [1.29, 1.82) is 0 Å². The van der Waals surface area contributed by atoms with E-state index in [1.165, 1.54) is 12.1 Å². The number of oxime groups is 1. The van der Waals surface area contributed by atoms with Crippen LogP contribution in [0.1, 0.15) is 15.9 Å². The molecule has 0 aliphatic carbocycles. The summed E-state index contributed by atoms with van der Waals surface area (Å²) in [6.45, 7) is 0. The number of nitrogens with zero attached hydrogens (tertiary/aromatic N) is 3. The summed E-state index contributed by atoms with van der Waals surface area (Å²) < 4.78 is 0.673. The van der Waals surface area contributed by atoms with Gasteiger partial charge in [0, 0.05) is 10.5 Å². The molecule has 0 radical (unpaired) electrons. The van der Waals surface area contributed by atoms with E-state index in [-0.39, 0.29) is 11.1 Å². The molecule has 9 nitrogen and oxygen atoms in total. The van der Waals surface area contributed by atoms with Gasteiger partial charge in [-0.25, -0.2) is 4.79 Å². The Labute approximate surface area is 143 Å². The predicted molar refractivity (Wildman–Crippen MR) is 86.9 cm³/mol. The van der Waals surface area contributed by atoms with Crippen molar-refractivity contribution in [3.8, 4) is 0 Å². The Bertz CT molecular complexity index is 852. The third kappa shape index (κ3) is 4.20. The number of benzene rings is 2. The maximum absolute atomic E-state index is 11.8. The van der Waals surface area contributed by atoms with Gasteiger partial charge in [-0.15, -0.1) is 0 Å². The minimum atomic E-state index is -0.787. The predicted octanol–water partition coefficient (Wildman–Crippen LogP) is 3.46. The average molecular weight is 394 g/mol. The molecule has 0 unspecified atom stereocenters. The van der Waals surface area contributed by atoms with Crippen LogP contribution in [-0.4, -0.2) is 22.0 Å². The van der Waals surface area contributed by atoms with E-state index in [9.17, 15) is 25.0 Å². The van der Waals surface area contributed by atoms with Crippen LogP contribution in [0.5, 0.6) is 0 Å².